The Morgan fingerprint density at radius 2 is 0.467 bits per heavy atom. The number of unbranched alkanes of at least 4 members (excludes halogenated alkanes) is 18. The van der Waals surface area contributed by atoms with E-state index in [0.717, 1.165) is 0 Å². The third-order valence-electron chi connectivity index (χ3n) is 19.2. The lowest BCUT2D eigenvalue weighted by Gasteiger charge is -2.29. The van der Waals surface area contributed by atoms with Gasteiger partial charge in [0.15, 0.2) is 0 Å². The maximum Gasteiger partial charge on any atom is 0.0434 e. The summed E-state index contributed by atoms with van der Waals surface area (Å²) in [6.45, 7) is 14.3. The van der Waals surface area contributed by atoms with Crippen LogP contribution >= 0.6 is 34.0 Å². The van der Waals surface area contributed by atoms with Crippen LogP contribution in [0.25, 0.3) is 127 Å². The Labute approximate surface area is 460 Å². The van der Waals surface area contributed by atoms with Gasteiger partial charge in [-0.2, -0.15) is 0 Å². The van der Waals surface area contributed by atoms with Crippen molar-refractivity contribution < 1.29 is 0 Å². The standard InChI is InChI=1S/C72H84S3/c1-7-13-19-25-31-43-37-49-58-55(46(43)34-28-22-16-10-4)52-40-74-71-50-38-44(32-26-20-14-8-2)48(36-30-24-18-12-6)57-54-42-75-72-51-39-45(33-27-21-15-9-3)47(35-29-23-17-11-5)56-53-41-73-70(49)62(53)68-64(58)67(61(52)71)65(59(50)57)69(63(54)72)66(68)60(51)56/h37-42H,7-36H2,1-6H3. The molecule has 13 rings (SSSR count). The molecule has 0 N–H and O–H groups in total. The monoisotopic (exact) mass is 1040 g/mol. The van der Waals surface area contributed by atoms with Gasteiger partial charge in [-0.25, -0.2) is 0 Å². The summed E-state index contributed by atoms with van der Waals surface area (Å²) in [6, 6.07) is 8.45. The van der Waals surface area contributed by atoms with Crippen molar-refractivity contribution in [2.75, 3.05) is 0 Å². The van der Waals surface area contributed by atoms with E-state index in [1.807, 2.05) is 0 Å². The smallest absolute Gasteiger partial charge is 0.0434 e. The summed E-state index contributed by atoms with van der Waals surface area (Å²) in [6.07, 6.45) is 38.6. The fraction of sp³-hybridized carbons (Fsp3) is 0.500. The van der Waals surface area contributed by atoms with Crippen LogP contribution in [-0.4, -0.2) is 0 Å². The van der Waals surface area contributed by atoms with Gasteiger partial charge >= 0.3 is 0 Å². The number of benzene rings is 10. The molecule has 13 aromatic rings. The Balaban J connectivity index is 1.25. The van der Waals surface area contributed by atoms with Gasteiger partial charge in [0.1, 0.15) is 0 Å². The van der Waals surface area contributed by atoms with Crippen LogP contribution < -0.4 is 0 Å². The van der Waals surface area contributed by atoms with E-state index in [4.69, 9.17) is 0 Å². The normalized spacial score (nSPS) is 13.2. The number of rotatable bonds is 30. The van der Waals surface area contributed by atoms with Crippen molar-refractivity contribution in [2.45, 2.75) is 234 Å². The van der Waals surface area contributed by atoms with Gasteiger partial charge in [0, 0.05) is 94.9 Å². The zero-order chi connectivity index (χ0) is 50.9. The highest BCUT2D eigenvalue weighted by Crippen LogP contribution is 2.63. The summed E-state index contributed by atoms with van der Waals surface area (Å²) < 4.78 is 4.73. The summed E-state index contributed by atoms with van der Waals surface area (Å²) in [4.78, 5) is 0. The molecule has 390 valence electrons. The molecule has 0 saturated carbocycles. The molecule has 0 unspecified atom stereocenters. The van der Waals surface area contributed by atoms with Crippen molar-refractivity contribution in [2.24, 2.45) is 0 Å². The van der Waals surface area contributed by atoms with Gasteiger partial charge < -0.3 is 0 Å². The fourth-order valence-electron chi connectivity index (χ4n) is 15.7. The van der Waals surface area contributed by atoms with E-state index in [0.29, 0.717) is 0 Å². The Hall–Kier alpha value is -4.02. The first-order valence-corrected chi connectivity index (χ1v) is 33.9. The lowest BCUT2D eigenvalue weighted by Crippen LogP contribution is -2.04. The minimum Gasteiger partial charge on any atom is -0.142 e. The van der Waals surface area contributed by atoms with E-state index in [-0.39, 0.29) is 0 Å². The van der Waals surface area contributed by atoms with E-state index in [1.165, 1.54) is 193 Å². The van der Waals surface area contributed by atoms with Crippen LogP contribution in [0.3, 0.4) is 0 Å². The van der Waals surface area contributed by atoms with Gasteiger partial charge in [-0.1, -0.05) is 157 Å². The summed E-state index contributed by atoms with van der Waals surface area (Å²) in [5.74, 6) is 0. The summed E-state index contributed by atoms with van der Waals surface area (Å²) >= 11 is 6.33. The van der Waals surface area contributed by atoms with Gasteiger partial charge in [-0.3, -0.25) is 0 Å². The highest BCUT2D eigenvalue weighted by molar-refractivity contribution is 7.21. The van der Waals surface area contributed by atoms with Gasteiger partial charge in [-0.15, -0.1) is 34.0 Å². The van der Waals surface area contributed by atoms with Crippen LogP contribution in [0.2, 0.25) is 0 Å². The summed E-state index contributed by atoms with van der Waals surface area (Å²) in [7, 11) is 0. The van der Waals surface area contributed by atoms with Crippen molar-refractivity contribution in [1.29, 1.82) is 0 Å². The average Bonchev–Trinajstić information content (AvgIpc) is 4.34. The Kier molecular flexibility index (Phi) is 14.3. The maximum atomic E-state index is 2.82. The van der Waals surface area contributed by atoms with Gasteiger partial charge in [0.05, 0.1) is 0 Å². The summed E-state index contributed by atoms with van der Waals surface area (Å²) in [5.41, 5.74) is 10.1. The number of aryl methyl sites for hydroxylation is 6. The second kappa shape index (κ2) is 21.3. The van der Waals surface area contributed by atoms with Gasteiger partial charge in [0.2, 0.25) is 0 Å². The van der Waals surface area contributed by atoms with E-state index < -0.39 is 0 Å². The molecule has 3 heteroatoms. The molecule has 0 bridgehead atoms. The second-order valence-corrected chi connectivity index (χ2v) is 26.7. The largest absolute Gasteiger partial charge is 0.142 e. The van der Waals surface area contributed by atoms with Crippen molar-refractivity contribution in [3.63, 3.8) is 0 Å². The maximum absolute atomic E-state index is 2.82. The molecule has 0 radical (unpaired) electrons. The molecule has 0 saturated heterocycles. The lowest BCUT2D eigenvalue weighted by atomic mass is 9.73. The fourth-order valence-corrected chi connectivity index (χ4v) is 19.0. The lowest BCUT2D eigenvalue weighted by molar-refractivity contribution is 0.652. The molecule has 0 aliphatic heterocycles. The van der Waals surface area contributed by atoms with E-state index >= 15 is 0 Å². The first-order chi connectivity index (χ1) is 37.1. The Morgan fingerprint density at radius 3 is 0.720 bits per heavy atom. The zero-order valence-corrected chi connectivity index (χ0v) is 49.4. The van der Waals surface area contributed by atoms with Crippen LogP contribution in [0.4, 0.5) is 0 Å². The summed E-state index contributed by atoms with van der Waals surface area (Å²) in [5, 5.41) is 42.0. The molecular weight excluding hydrogens is 961 g/mol. The molecule has 0 fully saturated rings. The van der Waals surface area contributed by atoms with Crippen molar-refractivity contribution in [1.82, 2.24) is 0 Å². The predicted molar refractivity (Wildman–Crippen MR) is 344 cm³/mol. The van der Waals surface area contributed by atoms with Crippen LogP contribution in [0, 0.1) is 0 Å². The van der Waals surface area contributed by atoms with E-state index in [1.54, 1.807) is 161 Å². The number of thiophene rings is 3. The molecule has 75 heavy (non-hydrogen) atoms. The second-order valence-electron chi connectivity index (χ2n) is 24.1. The molecule has 0 aliphatic carbocycles. The van der Waals surface area contributed by atoms with Crippen LogP contribution in [0.5, 0.6) is 0 Å². The number of hydrogen-bond donors (Lipinski definition) is 0. The SMILES string of the molecule is CCCCCCc1cc2c3scc4c5c(CCCCCC)c(CCCCCC)cc6c7scc8c9c(CCCCCC)c(CCCCCC)cc%10c%11scc%12c(c1CCCCCC)c2c1c(c43)c(c65)c(c87)c(c%109)c1c%12%11. The zero-order valence-electron chi connectivity index (χ0n) is 46.9. The highest BCUT2D eigenvalue weighted by atomic mass is 32.1. The quantitative estimate of drug-likeness (QED) is 0.0239. The third kappa shape index (κ3) is 7.85. The topological polar surface area (TPSA) is 0 Å². The van der Waals surface area contributed by atoms with E-state index in [2.05, 4.69) is 110 Å². The molecule has 0 atom stereocenters. The molecule has 10 aromatic carbocycles. The van der Waals surface area contributed by atoms with Gasteiger partial charge in [0.25, 0.3) is 0 Å². The molecule has 3 aromatic heterocycles. The first kappa shape index (κ1) is 50.5. The van der Waals surface area contributed by atoms with Gasteiger partial charge in [-0.05, 0) is 177 Å². The predicted octanol–water partition coefficient (Wildman–Crippen LogP) is 25.1. The minimum atomic E-state index is 1.20. The van der Waals surface area contributed by atoms with Crippen molar-refractivity contribution in [3.8, 4) is 0 Å². The Morgan fingerprint density at radius 1 is 0.227 bits per heavy atom. The number of hydrogen-bond acceptors (Lipinski definition) is 3. The third-order valence-corrected chi connectivity index (χ3v) is 22.3. The molecule has 3 heterocycles. The molecule has 0 aliphatic rings. The van der Waals surface area contributed by atoms with E-state index in [9.17, 15) is 0 Å². The van der Waals surface area contributed by atoms with Crippen molar-refractivity contribution >= 4 is 161 Å². The van der Waals surface area contributed by atoms with Crippen LogP contribution in [0.1, 0.15) is 229 Å². The van der Waals surface area contributed by atoms with Crippen LogP contribution in [-0.2, 0) is 38.5 Å². The first-order valence-electron chi connectivity index (χ1n) is 31.3. The van der Waals surface area contributed by atoms with Crippen LogP contribution in [0.15, 0.2) is 34.3 Å². The molecular formula is C72H84S3. The highest BCUT2D eigenvalue weighted by Gasteiger charge is 2.35. The van der Waals surface area contributed by atoms with Crippen molar-refractivity contribution in [3.05, 3.63) is 67.7 Å². The molecule has 0 nitrogen and oxygen atoms in total. The minimum absolute atomic E-state index is 1.20. The Bertz CT molecular complexity index is 3590. The average molecular weight is 1050 g/mol. The molecule has 0 amide bonds. The number of fused-ring (bicyclic) bond motifs is 6. The molecule has 0 spiro atoms.